The Labute approximate surface area is 271 Å². The maximum absolute atomic E-state index is 13.3. The quantitative estimate of drug-likeness (QED) is 0.239. The predicted molar refractivity (Wildman–Crippen MR) is 182 cm³/mol. The molecule has 47 heavy (non-hydrogen) atoms. The highest BCUT2D eigenvalue weighted by Gasteiger charge is 2.30. The second-order valence-electron chi connectivity index (χ2n) is 11.9. The number of allylic oxidation sites excluding steroid dienone is 1. The molecule has 2 aliphatic heterocycles. The van der Waals surface area contributed by atoms with Gasteiger partial charge in [0.2, 0.25) is 5.91 Å². The molecule has 0 spiro atoms. The van der Waals surface area contributed by atoms with Gasteiger partial charge in [-0.3, -0.25) is 24.8 Å². The Hall–Kier alpha value is -5.49. The number of H-pyrrole nitrogens is 1. The number of anilines is 1. The summed E-state index contributed by atoms with van der Waals surface area (Å²) in [6.45, 7) is 8.70. The van der Waals surface area contributed by atoms with E-state index in [0.29, 0.717) is 25.3 Å². The van der Waals surface area contributed by atoms with Crippen LogP contribution >= 0.6 is 0 Å². The first-order chi connectivity index (χ1) is 22.9. The predicted octanol–water partition coefficient (Wildman–Crippen LogP) is 4.52. The largest absolute Gasteiger partial charge is 0.402 e. The maximum atomic E-state index is 13.3. The molecule has 0 bridgehead atoms. The van der Waals surface area contributed by atoms with Crippen molar-refractivity contribution in [3.63, 3.8) is 0 Å². The Kier molecular flexibility index (Phi) is 8.40. The van der Waals surface area contributed by atoms with Crippen LogP contribution in [0.5, 0.6) is 0 Å². The summed E-state index contributed by atoms with van der Waals surface area (Å²) in [5.74, 6) is 0.519. The van der Waals surface area contributed by atoms with Crippen LogP contribution in [-0.4, -0.2) is 92.9 Å². The number of amides is 1. The number of nitrogens with two attached hydrogens (primary N) is 1. The third kappa shape index (κ3) is 6.45. The molecule has 11 nitrogen and oxygen atoms in total. The minimum absolute atomic E-state index is 0.152. The molecule has 1 unspecified atom stereocenters. The van der Waals surface area contributed by atoms with Crippen molar-refractivity contribution in [2.75, 3.05) is 50.7 Å². The molecule has 5 heterocycles. The van der Waals surface area contributed by atoms with Gasteiger partial charge in [0.15, 0.2) is 5.83 Å². The third-order valence-electron chi connectivity index (χ3n) is 8.93. The van der Waals surface area contributed by atoms with Gasteiger partial charge in [-0.2, -0.15) is 5.10 Å². The molecule has 7 rings (SSSR count). The van der Waals surface area contributed by atoms with E-state index in [1.807, 2.05) is 53.6 Å². The van der Waals surface area contributed by atoms with Gasteiger partial charge in [-0.05, 0) is 54.9 Å². The van der Waals surface area contributed by atoms with Crippen molar-refractivity contribution in [2.24, 2.45) is 10.7 Å². The van der Waals surface area contributed by atoms with Gasteiger partial charge >= 0.3 is 0 Å². The number of carbonyl (C=O) groups excluding carboxylic acids is 1. The molecule has 3 N–H and O–H groups in total. The first kappa shape index (κ1) is 30.2. The van der Waals surface area contributed by atoms with Gasteiger partial charge in [0.1, 0.15) is 11.5 Å². The molecule has 238 valence electrons. The van der Waals surface area contributed by atoms with Gasteiger partial charge in [0, 0.05) is 85.5 Å². The molecule has 2 fully saturated rings. The summed E-state index contributed by atoms with van der Waals surface area (Å²) in [6, 6.07) is 15.8. The Morgan fingerprint density at radius 1 is 1.09 bits per heavy atom. The van der Waals surface area contributed by atoms with E-state index >= 15 is 0 Å². The smallest absolute Gasteiger partial charge is 0.236 e. The van der Waals surface area contributed by atoms with Gasteiger partial charge in [-0.25, -0.2) is 14.4 Å². The monoisotopic (exact) mass is 630 g/mol. The fourth-order valence-electron chi connectivity index (χ4n) is 6.30. The number of aromatic nitrogens is 5. The van der Waals surface area contributed by atoms with Crippen molar-refractivity contribution < 1.29 is 9.18 Å². The SMILES string of the molecule is C=C(/N=C\C(F)=C/N)c1ccc(N2CCN(C(=O)CN3CCC(c4ncc5cc6[nH]nc(-c7ccncc7)c6cc5n4)C3)CC2)cc1. The van der Waals surface area contributed by atoms with E-state index in [9.17, 15) is 9.18 Å². The van der Waals surface area contributed by atoms with Gasteiger partial charge in [0.05, 0.1) is 29.5 Å². The first-order valence-electron chi connectivity index (χ1n) is 15.7. The van der Waals surface area contributed by atoms with E-state index in [4.69, 9.17) is 15.7 Å². The number of likely N-dealkylation sites (tertiary alicyclic amines) is 1. The number of benzene rings is 2. The zero-order valence-electron chi connectivity index (χ0n) is 25.9. The van der Waals surface area contributed by atoms with Gasteiger partial charge in [0.25, 0.3) is 0 Å². The van der Waals surface area contributed by atoms with E-state index in [1.165, 1.54) is 0 Å². The summed E-state index contributed by atoms with van der Waals surface area (Å²) in [4.78, 5) is 37.5. The lowest BCUT2D eigenvalue weighted by atomic mass is 10.1. The number of halogens is 1. The van der Waals surface area contributed by atoms with Gasteiger partial charge in [-0.1, -0.05) is 18.7 Å². The van der Waals surface area contributed by atoms with Crippen LogP contribution in [0.4, 0.5) is 10.1 Å². The molecule has 3 aromatic heterocycles. The number of fused-ring (bicyclic) bond motifs is 2. The van der Waals surface area contributed by atoms with E-state index in [-0.39, 0.29) is 11.8 Å². The number of piperazine rings is 1. The summed E-state index contributed by atoms with van der Waals surface area (Å²) in [5.41, 5.74) is 11.1. The molecule has 0 saturated carbocycles. The number of hydrogen-bond acceptors (Lipinski definition) is 9. The number of carbonyl (C=O) groups is 1. The number of aromatic amines is 1. The van der Waals surface area contributed by atoms with Gasteiger partial charge in [-0.15, -0.1) is 0 Å². The lowest BCUT2D eigenvalue weighted by molar-refractivity contribution is -0.132. The second-order valence-corrected chi connectivity index (χ2v) is 11.9. The molecule has 2 saturated heterocycles. The van der Waals surface area contributed by atoms with E-state index in [0.717, 1.165) is 95.2 Å². The molecule has 2 aliphatic rings. The van der Waals surface area contributed by atoms with Crippen LogP contribution in [0.3, 0.4) is 0 Å². The van der Waals surface area contributed by atoms with Crippen molar-refractivity contribution in [3.8, 4) is 11.3 Å². The third-order valence-corrected chi connectivity index (χ3v) is 8.93. The second kappa shape index (κ2) is 13.1. The van der Waals surface area contributed by atoms with Crippen LogP contribution < -0.4 is 10.6 Å². The summed E-state index contributed by atoms with van der Waals surface area (Å²) >= 11 is 0. The van der Waals surface area contributed by atoms with Crippen LogP contribution in [0.15, 0.2) is 90.7 Å². The number of nitrogens with one attached hydrogen (secondary N) is 1. The Balaban J connectivity index is 0.937. The zero-order valence-corrected chi connectivity index (χ0v) is 25.9. The van der Waals surface area contributed by atoms with Crippen molar-refractivity contribution >= 4 is 45.3 Å². The lowest BCUT2D eigenvalue weighted by Gasteiger charge is -2.36. The molecular formula is C35H35FN10O. The molecule has 1 atom stereocenters. The summed E-state index contributed by atoms with van der Waals surface area (Å²) in [5, 5.41) is 9.64. The van der Waals surface area contributed by atoms with Crippen molar-refractivity contribution in [2.45, 2.75) is 12.3 Å². The first-order valence-corrected chi connectivity index (χ1v) is 15.7. The van der Waals surface area contributed by atoms with E-state index in [2.05, 4.69) is 42.6 Å². The highest BCUT2D eigenvalue weighted by atomic mass is 19.1. The molecule has 0 aliphatic carbocycles. The summed E-state index contributed by atoms with van der Waals surface area (Å²) < 4.78 is 13.2. The fourth-order valence-corrected chi connectivity index (χ4v) is 6.30. The number of aliphatic imine (C=N–C) groups is 1. The fraction of sp³-hybridized carbons (Fsp3) is 0.257. The minimum atomic E-state index is -0.619. The Bertz CT molecular complexity index is 1980. The van der Waals surface area contributed by atoms with Crippen LogP contribution in [0.2, 0.25) is 0 Å². The molecule has 1 amide bonds. The standard InChI is InChI=1S/C35H35FN10O/c1-23(39-20-28(36)18-37)24-2-4-29(5-3-24)45-12-14-46(15-13-45)33(47)22-44-11-8-26(21-44)35-40-19-27-16-32-30(17-31(27)41-35)34(43-42-32)25-6-9-38-10-7-25/h2-7,9-10,16-20,26H,1,8,11-15,21-22,37H2,(H,42,43)/b28-18+,39-20-. The lowest BCUT2D eigenvalue weighted by Crippen LogP contribution is -2.51. The molecule has 12 heteroatoms. The number of rotatable bonds is 8. The van der Waals surface area contributed by atoms with Crippen LogP contribution in [0.1, 0.15) is 23.7 Å². The number of hydrogen-bond donors (Lipinski definition) is 2. The highest BCUT2D eigenvalue weighted by molar-refractivity contribution is 6.01. The average molecular weight is 631 g/mol. The average Bonchev–Trinajstić information content (AvgIpc) is 3.76. The van der Waals surface area contributed by atoms with Crippen LogP contribution in [0, 0.1) is 0 Å². The van der Waals surface area contributed by atoms with Crippen molar-refractivity contribution in [3.05, 3.63) is 97.1 Å². The normalized spacial score (nSPS) is 17.7. The Morgan fingerprint density at radius 2 is 1.87 bits per heavy atom. The Morgan fingerprint density at radius 3 is 2.64 bits per heavy atom. The maximum Gasteiger partial charge on any atom is 0.236 e. The molecule has 2 aromatic carbocycles. The minimum Gasteiger partial charge on any atom is -0.402 e. The van der Waals surface area contributed by atoms with Crippen LogP contribution in [-0.2, 0) is 4.79 Å². The molecular weight excluding hydrogens is 595 g/mol. The summed E-state index contributed by atoms with van der Waals surface area (Å²) in [7, 11) is 0. The van der Waals surface area contributed by atoms with Crippen molar-refractivity contribution in [1.29, 1.82) is 0 Å². The number of pyridine rings is 1. The van der Waals surface area contributed by atoms with Crippen molar-refractivity contribution in [1.82, 2.24) is 34.9 Å². The van der Waals surface area contributed by atoms with Crippen LogP contribution in [0.25, 0.3) is 38.8 Å². The van der Waals surface area contributed by atoms with E-state index < -0.39 is 5.83 Å². The zero-order chi connectivity index (χ0) is 32.3. The summed E-state index contributed by atoms with van der Waals surface area (Å²) in [6.07, 6.45) is 8.22. The highest BCUT2D eigenvalue weighted by Crippen LogP contribution is 2.31. The topological polar surface area (TPSA) is 133 Å². The molecule has 5 aromatic rings. The van der Waals surface area contributed by atoms with E-state index in [1.54, 1.807) is 12.4 Å². The molecule has 0 radical (unpaired) electrons. The number of nitrogens with zero attached hydrogens (tertiary/aromatic N) is 8. The van der Waals surface area contributed by atoms with Gasteiger partial charge < -0.3 is 15.5 Å².